The van der Waals surface area contributed by atoms with E-state index >= 15 is 0 Å². The molecule has 2 saturated heterocycles. The van der Waals surface area contributed by atoms with Crippen molar-refractivity contribution in [2.45, 2.75) is 44.9 Å². The van der Waals surface area contributed by atoms with Crippen LogP contribution in [0, 0.1) is 0 Å². The van der Waals surface area contributed by atoms with Gasteiger partial charge >= 0.3 is 6.03 Å². The first kappa shape index (κ1) is 22.1. The molecule has 0 aromatic heterocycles. The molecular weight excluding hydrogens is 404 g/mol. The molecule has 7 heteroatoms. The van der Waals surface area contributed by atoms with Crippen LogP contribution >= 0.6 is 0 Å². The highest BCUT2D eigenvalue weighted by Gasteiger charge is 2.27. The van der Waals surface area contributed by atoms with E-state index in [4.69, 9.17) is 4.74 Å². The highest BCUT2D eigenvalue weighted by Crippen LogP contribution is 2.29. The van der Waals surface area contributed by atoms with Gasteiger partial charge < -0.3 is 25.2 Å². The van der Waals surface area contributed by atoms with E-state index in [1.54, 1.807) is 0 Å². The summed E-state index contributed by atoms with van der Waals surface area (Å²) in [5.41, 5.74) is 2.72. The lowest BCUT2D eigenvalue weighted by molar-refractivity contribution is -0.128. The fourth-order valence-corrected chi connectivity index (χ4v) is 4.58. The fourth-order valence-electron chi connectivity index (χ4n) is 4.58. The number of amides is 3. The van der Waals surface area contributed by atoms with E-state index in [0.29, 0.717) is 13.0 Å². The number of nitrogens with one attached hydrogen (secondary N) is 2. The zero-order valence-electron chi connectivity index (χ0n) is 18.8. The van der Waals surface area contributed by atoms with Gasteiger partial charge in [0.15, 0.2) is 0 Å². The van der Waals surface area contributed by atoms with Crippen LogP contribution in [0.25, 0.3) is 0 Å². The average Bonchev–Trinajstić information content (AvgIpc) is 3.18. The van der Waals surface area contributed by atoms with Gasteiger partial charge in [-0.3, -0.25) is 4.79 Å². The van der Waals surface area contributed by atoms with Gasteiger partial charge in [0, 0.05) is 32.6 Å². The Morgan fingerprint density at radius 3 is 2.44 bits per heavy atom. The summed E-state index contributed by atoms with van der Waals surface area (Å²) in [6.45, 7) is 6.88. The van der Waals surface area contributed by atoms with Crippen molar-refractivity contribution in [3.05, 3.63) is 60.2 Å². The minimum Gasteiger partial charge on any atom is -0.372 e. The second-order valence-electron chi connectivity index (χ2n) is 8.68. The molecule has 0 saturated carbocycles. The number of hydrogen-bond acceptors (Lipinski definition) is 4. The number of hydrogen-bond donors (Lipinski definition) is 2. The highest BCUT2D eigenvalue weighted by molar-refractivity contribution is 5.93. The summed E-state index contributed by atoms with van der Waals surface area (Å²) < 4.78 is 5.86. The van der Waals surface area contributed by atoms with Gasteiger partial charge in [-0.25, -0.2) is 4.79 Å². The van der Waals surface area contributed by atoms with E-state index < -0.39 is 0 Å². The molecule has 32 heavy (non-hydrogen) atoms. The Bertz CT molecular complexity index is 926. The highest BCUT2D eigenvalue weighted by atomic mass is 16.5. The van der Waals surface area contributed by atoms with E-state index in [-0.39, 0.29) is 30.2 Å². The SMILES string of the molecule is CC1CN(c2ccccc2NC(=O)NC(CN2CCCC2=O)c2ccccc2)CC(C)O1. The number of carbonyl (C=O) groups excluding carboxylic acids is 2. The topological polar surface area (TPSA) is 73.9 Å². The first-order valence-corrected chi connectivity index (χ1v) is 11.4. The summed E-state index contributed by atoms with van der Waals surface area (Å²) in [5.74, 6) is 0.147. The van der Waals surface area contributed by atoms with E-state index in [2.05, 4.69) is 29.4 Å². The van der Waals surface area contributed by atoms with Crippen molar-refractivity contribution in [2.24, 2.45) is 0 Å². The second kappa shape index (κ2) is 10.0. The lowest BCUT2D eigenvalue weighted by atomic mass is 10.1. The predicted molar refractivity (Wildman–Crippen MR) is 126 cm³/mol. The summed E-state index contributed by atoms with van der Waals surface area (Å²) >= 11 is 0. The van der Waals surface area contributed by atoms with Crippen molar-refractivity contribution in [1.29, 1.82) is 0 Å². The van der Waals surface area contributed by atoms with Crippen LogP contribution in [0.2, 0.25) is 0 Å². The number of anilines is 2. The molecule has 7 nitrogen and oxygen atoms in total. The Labute approximate surface area is 189 Å². The van der Waals surface area contributed by atoms with Crippen LogP contribution in [0.5, 0.6) is 0 Å². The molecule has 4 rings (SSSR count). The molecule has 2 aliphatic rings. The number of urea groups is 1. The Balaban J connectivity index is 1.48. The zero-order valence-corrected chi connectivity index (χ0v) is 18.8. The van der Waals surface area contributed by atoms with Crippen LogP contribution in [-0.2, 0) is 9.53 Å². The van der Waals surface area contributed by atoms with E-state index in [1.807, 2.05) is 59.5 Å². The lowest BCUT2D eigenvalue weighted by Crippen LogP contribution is -2.46. The number of likely N-dealkylation sites (tertiary alicyclic amines) is 1. The molecule has 3 unspecified atom stereocenters. The molecule has 0 aliphatic carbocycles. The zero-order chi connectivity index (χ0) is 22.5. The van der Waals surface area contributed by atoms with Gasteiger partial charge in [0.2, 0.25) is 5.91 Å². The van der Waals surface area contributed by atoms with Gasteiger partial charge in [-0.15, -0.1) is 0 Å². The molecular formula is C25H32N4O3. The smallest absolute Gasteiger partial charge is 0.319 e. The number of carbonyl (C=O) groups is 2. The van der Waals surface area contributed by atoms with Gasteiger partial charge in [-0.1, -0.05) is 42.5 Å². The molecule has 2 aromatic rings. The predicted octanol–water partition coefficient (Wildman–Crippen LogP) is 3.79. The van der Waals surface area contributed by atoms with Crippen LogP contribution in [0.4, 0.5) is 16.2 Å². The van der Waals surface area contributed by atoms with Crippen LogP contribution in [0.1, 0.15) is 38.3 Å². The van der Waals surface area contributed by atoms with Crippen molar-refractivity contribution >= 4 is 23.3 Å². The van der Waals surface area contributed by atoms with Crippen LogP contribution < -0.4 is 15.5 Å². The van der Waals surface area contributed by atoms with E-state index in [1.165, 1.54) is 0 Å². The Morgan fingerprint density at radius 2 is 1.75 bits per heavy atom. The first-order chi connectivity index (χ1) is 15.5. The van der Waals surface area contributed by atoms with E-state index in [0.717, 1.165) is 43.0 Å². The van der Waals surface area contributed by atoms with Gasteiger partial charge in [-0.05, 0) is 38.0 Å². The summed E-state index contributed by atoms with van der Waals surface area (Å²) in [5, 5.41) is 6.13. The lowest BCUT2D eigenvalue weighted by Gasteiger charge is -2.37. The quantitative estimate of drug-likeness (QED) is 0.723. The molecule has 2 aliphatic heterocycles. The number of morpholine rings is 1. The third-order valence-electron chi connectivity index (χ3n) is 5.99. The Kier molecular flexibility index (Phi) is 6.95. The molecule has 3 atom stereocenters. The maximum Gasteiger partial charge on any atom is 0.319 e. The maximum absolute atomic E-state index is 13.0. The minimum atomic E-state index is -0.285. The second-order valence-corrected chi connectivity index (χ2v) is 8.68. The Hall–Kier alpha value is -3.06. The van der Waals surface area contributed by atoms with Crippen molar-refractivity contribution in [1.82, 2.24) is 10.2 Å². The third kappa shape index (κ3) is 5.40. The molecule has 0 spiro atoms. The first-order valence-electron chi connectivity index (χ1n) is 11.4. The molecule has 2 heterocycles. The van der Waals surface area contributed by atoms with Gasteiger partial charge in [-0.2, -0.15) is 0 Å². The van der Waals surface area contributed by atoms with Gasteiger partial charge in [0.25, 0.3) is 0 Å². The van der Waals surface area contributed by atoms with Crippen molar-refractivity contribution in [3.63, 3.8) is 0 Å². The summed E-state index contributed by atoms with van der Waals surface area (Å²) in [6.07, 6.45) is 1.70. The molecule has 2 fully saturated rings. The van der Waals surface area contributed by atoms with Gasteiger partial charge in [0.05, 0.1) is 29.6 Å². The number of para-hydroxylation sites is 2. The van der Waals surface area contributed by atoms with Crippen LogP contribution in [0.3, 0.4) is 0 Å². The number of rotatable bonds is 6. The maximum atomic E-state index is 13.0. The minimum absolute atomic E-state index is 0.126. The van der Waals surface area contributed by atoms with Crippen LogP contribution in [-0.4, -0.2) is 55.2 Å². The average molecular weight is 437 g/mol. The largest absolute Gasteiger partial charge is 0.372 e. The normalized spacial score (nSPS) is 22.0. The molecule has 2 aromatic carbocycles. The fraction of sp³-hybridized carbons (Fsp3) is 0.440. The monoisotopic (exact) mass is 436 g/mol. The molecule has 0 bridgehead atoms. The molecule has 170 valence electrons. The van der Waals surface area contributed by atoms with E-state index in [9.17, 15) is 9.59 Å². The molecule has 0 radical (unpaired) electrons. The summed E-state index contributed by atoms with van der Waals surface area (Å²) in [4.78, 5) is 29.3. The summed E-state index contributed by atoms with van der Waals surface area (Å²) in [6, 6.07) is 17.1. The molecule has 2 N–H and O–H groups in total. The van der Waals surface area contributed by atoms with Gasteiger partial charge in [0.1, 0.15) is 0 Å². The summed E-state index contributed by atoms with van der Waals surface area (Å²) in [7, 11) is 0. The Morgan fingerprint density at radius 1 is 1.06 bits per heavy atom. The van der Waals surface area contributed by atoms with Crippen molar-refractivity contribution in [3.8, 4) is 0 Å². The van der Waals surface area contributed by atoms with Crippen molar-refractivity contribution < 1.29 is 14.3 Å². The molecule has 3 amide bonds. The number of ether oxygens (including phenoxy) is 1. The van der Waals surface area contributed by atoms with Crippen molar-refractivity contribution in [2.75, 3.05) is 36.4 Å². The number of benzene rings is 2. The standard InChI is InChI=1S/C25H32N4O3/c1-18-15-29(16-19(2)32-18)23-12-7-6-11-21(23)26-25(31)27-22(20-9-4-3-5-10-20)17-28-14-8-13-24(28)30/h3-7,9-12,18-19,22H,8,13-17H2,1-2H3,(H2,26,27,31). The van der Waals surface area contributed by atoms with Crippen LogP contribution in [0.15, 0.2) is 54.6 Å². The number of nitrogens with zero attached hydrogens (tertiary/aromatic N) is 2. The third-order valence-corrected chi connectivity index (χ3v) is 5.99.